The van der Waals surface area contributed by atoms with Gasteiger partial charge in [-0.1, -0.05) is 30.3 Å². The largest absolute Gasteiger partial charge is 0.495 e. The maximum Gasteiger partial charge on any atom is 0.269 e. The fourth-order valence-electron chi connectivity index (χ4n) is 3.53. The molecule has 0 atom stereocenters. The molecule has 9 nitrogen and oxygen atoms in total. The number of hydrogen-bond acceptors (Lipinski definition) is 7. The van der Waals surface area contributed by atoms with E-state index in [1.807, 2.05) is 19.1 Å². The van der Waals surface area contributed by atoms with E-state index < -0.39 is 11.5 Å². The number of nitriles is 1. The molecule has 0 bridgehead atoms. The molecule has 0 unspecified atom stereocenters. The van der Waals surface area contributed by atoms with Gasteiger partial charge in [-0.15, -0.1) is 0 Å². The number of carbonyl (C=O) groups excluding carboxylic acids is 1. The average molecular weight is 482 g/mol. The number of anilines is 1. The maximum atomic E-state index is 13.5. The molecule has 36 heavy (non-hydrogen) atoms. The maximum absolute atomic E-state index is 13.5. The Kier molecular flexibility index (Phi) is 6.97. The summed E-state index contributed by atoms with van der Waals surface area (Å²) < 4.78 is 17.9. The summed E-state index contributed by atoms with van der Waals surface area (Å²) in [6.45, 7) is 1.81. The zero-order chi connectivity index (χ0) is 25.7. The van der Waals surface area contributed by atoms with Crippen LogP contribution in [-0.4, -0.2) is 29.5 Å². The van der Waals surface area contributed by atoms with E-state index in [1.165, 1.54) is 24.7 Å². The number of nitrogens with zero attached hydrogens (tertiary/aromatic N) is 3. The lowest BCUT2D eigenvalue weighted by Gasteiger charge is -2.13. The predicted molar refractivity (Wildman–Crippen MR) is 134 cm³/mol. The lowest BCUT2D eigenvalue weighted by atomic mass is 10.1. The number of methoxy groups -OCH3 is 2. The molecule has 2 aromatic heterocycles. The predicted octanol–water partition coefficient (Wildman–Crippen LogP) is 4.36. The molecule has 0 aliphatic rings. The Hall–Kier alpha value is -5.10. The van der Waals surface area contributed by atoms with Crippen LogP contribution < -0.4 is 25.1 Å². The standard InChI is InChI=1S/C27H22N4O5/c1-17-9-8-14-31-24(17)30-26(36-23-13-7-6-12-22(23)35-3)19(27(31)33)15-18(16-28)25(32)29-20-10-4-5-11-21(20)34-2/h4-15H,1-3H3,(H,29,32)/b18-15-. The highest BCUT2D eigenvalue weighted by molar-refractivity contribution is 6.10. The van der Waals surface area contributed by atoms with Crippen LogP contribution in [0.2, 0.25) is 0 Å². The molecule has 4 rings (SSSR count). The molecule has 2 heterocycles. The first kappa shape index (κ1) is 24.0. The Labute approximate surface area is 206 Å². The third kappa shape index (κ3) is 4.74. The van der Waals surface area contributed by atoms with Gasteiger partial charge in [-0.05, 0) is 48.9 Å². The molecule has 1 amide bonds. The van der Waals surface area contributed by atoms with Crippen LogP contribution in [0.3, 0.4) is 0 Å². The third-order valence-electron chi connectivity index (χ3n) is 5.33. The first-order chi connectivity index (χ1) is 17.5. The minimum absolute atomic E-state index is 0.0726. The molecule has 0 aliphatic heterocycles. The number of hydrogen-bond donors (Lipinski definition) is 1. The Morgan fingerprint density at radius 2 is 1.67 bits per heavy atom. The van der Waals surface area contributed by atoms with Gasteiger partial charge < -0.3 is 19.5 Å². The smallest absolute Gasteiger partial charge is 0.269 e. The first-order valence-electron chi connectivity index (χ1n) is 10.9. The van der Waals surface area contributed by atoms with E-state index in [-0.39, 0.29) is 17.0 Å². The van der Waals surface area contributed by atoms with E-state index in [2.05, 4.69) is 10.3 Å². The number of para-hydroxylation sites is 4. The fourth-order valence-corrected chi connectivity index (χ4v) is 3.53. The molecule has 180 valence electrons. The van der Waals surface area contributed by atoms with Crippen LogP contribution in [0.4, 0.5) is 5.69 Å². The summed E-state index contributed by atoms with van der Waals surface area (Å²) in [7, 11) is 2.96. The summed E-state index contributed by atoms with van der Waals surface area (Å²) in [5.74, 6) is 0.368. The van der Waals surface area contributed by atoms with Crippen LogP contribution in [0, 0.1) is 18.3 Å². The monoisotopic (exact) mass is 482 g/mol. The summed E-state index contributed by atoms with van der Waals surface area (Å²) in [6.07, 6.45) is 2.72. The Morgan fingerprint density at radius 1 is 1.00 bits per heavy atom. The SMILES string of the molecule is COc1ccccc1NC(=O)/C(C#N)=C\c1c(Oc2ccccc2OC)nc2c(C)cccn2c1=O. The molecule has 0 spiro atoms. The molecule has 0 saturated heterocycles. The number of fused-ring (bicyclic) bond motifs is 1. The number of ether oxygens (including phenoxy) is 3. The molecule has 0 saturated carbocycles. The Balaban J connectivity index is 1.85. The summed E-state index contributed by atoms with van der Waals surface area (Å²) >= 11 is 0. The number of amides is 1. The average Bonchev–Trinajstić information content (AvgIpc) is 2.89. The van der Waals surface area contributed by atoms with Gasteiger partial charge in [0.15, 0.2) is 11.5 Å². The van der Waals surface area contributed by atoms with Gasteiger partial charge in [0.25, 0.3) is 11.5 Å². The molecule has 2 aromatic carbocycles. The van der Waals surface area contributed by atoms with Gasteiger partial charge in [-0.3, -0.25) is 14.0 Å². The van der Waals surface area contributed by atoms with Crippen molar-refractivity contribution >= 4 is 23.3 Å². The van der Waals surface area contributed by atoms with Crippen molar-refractivity contribution in [3.8, 4) is 29.2 Å². The van der Waals surface area contributed by atoms with Gasteiger partial charge in [0.1, 0.15) is 28.6 Å². The van der Waals surface area contributed by atoms with Crippen molar-refractivity contribution in [3.05, 3.63) is 93.9 Å². The Bertz CT molecular complexity index is 1580. The normalized spacial score (nSPS) is 11.0. The van der Waals surface area contributed by atoms with E-state index in [1.54, 1.807) is 60.8 Å². The van der Waals surface area contributed by atoms with Gasteiger partial charge >= 0.3 is 0 Å². The fraction of sp³-hybridized carbons (Fsp3) is 0.111. The highest BCUT2D eigenvalue weighted by atomic mass is 16.5. The van der Waals surface area contributed by atoms with Crippen LogP contribution in [0.15, 0.2) is 77.2 Å². The van der Waals surface area contributed by atoms with Crippen LogP contribution in [-0.2, 0) is 4.79 Å². The first-order valence-corrected chi connectivity index (χ1v) is 10.9. The Morgan fingerprint density at radius 3 is 2.36 bits per heavy atom. The zero-order valence-corrected chi connectivity index (χ0v) is 19.8. The lowest BCUT2D eigenvalue weighted by molar-refractivity contribution is -0.112. The molecule has 9 heteroatoms. The molecule has 0 aliphatic carbocycles. The number of aromatic nitrogens is 2. The van der Waals surface area contributed by atoms with E-state index >= 15 is 0 Å². The topological polar surface area (TPSA) is 115 Å². The van der Waals surface area contributed by atoms with Crippen LogP contribution in [0.5, 0.6) is 23.1 Å². The van der Waals surface area contributed by atoms with Crippen molar-refractivity contribution in [2.24, 2.45) is 0 Å². The molecular weight excluding hydrogens is 460 g/mol. The second-order valence-electron chi connectivity index (χ2n) is 7.60. The van der Waals surface area contributed by atoms with E-state index in [0.29, 0.717) is 28.6 Å². The number of carbonyl (C=O) groups is 1. The number of benzene rings is 2. The van der Waals surface area contributed by atoms with Crippen LogP contribution in [0.1, 0.15) is 11.1 Å². The van der Waals surface area contributed by atoms with Crippen molar-refractivity contribution in [3.63, 3.8) is 0 Å². The number of aryl methyl sites for hydroxylation is 1. The van der Waals surface area contributed by atoms with Crippen molar-refractivity contribution in [2.45, 2.75) is 6.92 Å². The summed E-state index contributed by atoms with van der Waals surface area (Å²) in [4.78, 5) is 31.0. The minimum Gasteiger partial charge on any atom is -0.495 e. The minimum atomic E-state index is -0.723. The van der Waals surface area contributed by atoms with Crippen molar-refractivity contribution in [1.82, 2.24) is 9.38 Å². The van der Waals surface area contributed by atoms with Gasteiger partial charge in [0, 0.05) is 6.20 Å². The van der Waals surface area contributed by atoms with Crippen LogP contribution >= 0.6 is 0 Å². The van der Waals surface area contributed by atoms with E-state index in [9.17, 15) is 14.9 Å². The highest BCUT2D eigenvalue weighted by Crippen LogP contribution is 2.32. The molecule has 1 N–H and O–H groups in total. The van der Waals surface area contributed by atoms with Gasteiger partial charge in [0.05, 0.1) is 19.9 Å². The van der Waals surface area contributed by atoms with Crippen molar-refractivity contribution in [2.75, 3.05) is 19.5 Å². The molecule has 0 fully saturated rings. The number of nitrogens with one attached hydrogen (secondary N) is 1. The van der Waals surface area contributed by atoms with Gasteiger partial charge in [-0.2, -0.15) is 10.2 Å². The quantitative estimate of drug-likeness (QED) is 0.307. The highest BCUT2D eigenvalue weighted by Gasteiger charge is 2.19. The van der Waals surface area contributed by atoms with Crippen LogP contribution in [0.25, 0.3) is 11.7 Å². The zero-order valence-electron chi connectivity index (χ0n) is 19.8. The summed E-state index contributed by atoms with van der Waals surface area (Å²) in [5, 5.41) is 12.4. The lowest BCUT2D eigenvalue weighted by Crippen LogP contribution is -2.21. The van der Waals surface area contributed by atoms with Crippen molar-refractivity contribution < 1.29 is 19.0 Å². The van der Waals surface area contributed by atoms with Crippen molar-refractivity contribution in [1.29, 1.82) is 5.26 Å². The van der Waals surface area contributed by atoms with E-state index in [4.69, 9.17) is 14.2 Å². The van der Waals surface area contributed by atoms with Gasteiger partial charge in [0.2, 0.25) is 5.88 Å². The molecule has 0 radical (unpaired) electrons. The molecular formula is C27H22N4O5. The summed E-state index contributed by atoms with van der Waals surface area (Å²) in [6, 6.07) is 19.0. The number of pyridine rings is 1. The number of rotatable bonds is 7. The second-order valence-corrected chi connectivity index (χ2v) is 7.60. The third-order valence-corrected chi connectivity index (χ3v) is 5.33. The van der Waals surface area contributed by atoms with E-state index in [0.717, 1.165) is 5.56 Å². The summed E-state index contributed by atoms with van der Waals surface area (Å²) in [5.41, 5.74) is 0.589. The van der Waals surface area contributed by atoms with Gasteiger partial charge in [-0.25, -0.2) is 0 Å². The molecule has 4 aromatic rings. The second kappa shape index (κ2) is 10.4.